The minimum absolute atomic E-state index is 0.0208. The van der Waals surface area contributed by atoms with E-state index in [0.29, 0.717) is 18.2 Å². The summed E-state index contributed by atoms with van der Waals surface area (Å²) in [6, 6.07) is 1.94. The molecule has 3 rings (SSSR count). The molecular formula is C14H17N3O2S2. The van der Waals surface area contributed by atoms with Gasteiger partial charge in [-0.15, -0.1) is 11.3 Å². The molecule has 3 heterocycles. The molecule has 2 atom stereocenters. The Bertz CT molecular complexity index is 612. The first-order chi connectivity index (χ1) is 10.1. The molecule has 2 aromatic heterocycles. The number of hydrogen-bond acceptors (Lipinski definition) is 5. The van der Waals surface area contributed by atoms with Crippen molar-refractivity contribution in [1.82, 2.24) is 9.88 Å². The zero-order valence-electron chi connectivity index (χ0n) is 11.9. The Hall–Kier alpha value is -1.44. The summed E-state index contributed by atoms with van der Waals surface area (Å²) in [5.74, 6) is 0. The van der Waals surface area contributed by atoms with Crippen LogP contribution < -0.4 is 5.32 Å². The van der Waals surface area contributed by atoms with Crippen LogP contribution in [0.3, 0.4) is 0 Å². The monoisotopic (exact) mass is 323 g/mol. The molecule has 0 unspecified atom stereocenters. The van der Waals surface area contributed by atoms with Gasteiger partial charge >= 0.3 is 6.03 Å². The molecule has 0 spiro atoms. The van der Waals surface area contributed by atoms with Crippen LogP contribution in [-0.4, -0.2) is 35.1 Å². The minimum atomic E-state index is -0.111. The molecule has 1 N–H and O–H groups in total. The standard InChI is InChI=1S/C14H17N3O2S2/c1-9-6-17(7-12(19-9)11-3-4-20-8-11)14(18)16-13-15-5-10(2)21-13/h3-5,8-9,12H,6-7H2,1-2H3,(H,15,16,18)/t9-,12+/m1/s1. The van der Waals surface area contributed by atoms with Crippen molar-refractivity contribution >= 4 is 33.8 Å². The van der Waals surface area contributed by atoms with Crippen LogP contribution in [0.2, 0.25) is 0 Å². The minimum Gasteiger partial charge on any atom is -0.367 e. The Balaban J connectivity index is 1.67. The number of nitrogens with zero attached hydrogens (tertiary/aromatic N) is 2. The molecule has 0 aromatic carbocycles. The van der Waals surface area contributed by atoms with E-state index in [1.165, 1.54) is 11.3 Å². The van der Waals surface area contributed by atoms with Crippen molar-refractivity contribution in [2.24, 2.45) is 0 Å². The van der Waals surface area contributed by atoms with Gasteiger partial charge < -0.3 is 9.64 Å². The van der Waals surface area contributed by atoms with E-state index in [2.05, 4.69) is 15.7 Å². The number of thiazole rings is 1. The number of ether oxygens (including phenoxy) is 1. The average molecular weight is 323 g/mol. The largest absolute Gasteiger partial charge is 0.367 e. The van der Waals surface area contributed by atoms with Crippen LogP contribution in [0.5, 0.6) is 0 Å². The predicted molar refractivity (Wildman–Crippen MR) is 85.0 cm³/mol. The van der Waals surface area contributed by atoms with E-state index in [1.807, 2.05) is 25.3 Å². The number of anilines is 1. The van der Waals surface area contributed by atoms with Gasteiger partial charge in [-0.05, 0) is 36.2 Å². The lowest BCUT2D eigenvalue weighted by Gasteiger charge is -2.36. The van der Waals surface area contributed by atoms with Gasteiger partial charge in [0.25, 0.3) is 0 Å². The topological polar surface area (TPSA) is 54.5 Å². The summed E-state index contributed by atoms with van der Waals surface area (Å²) in [4.78, 5) is 19.4. The van der Waals surface area contributed by atoms with Crippen molar-refractivity contribution in [3.05, 3.63) is 33.5 Å². The molecule has 0 saturated carbocycles. The third-order valence-electron chi connectivity index (χ3n) is 3.30. The van der Waals surface area contributed by atoms with Gasteiger partial charge in [0, 0.05) is 17.6 Å². The number of rotatable bonds is 2. The number of urea groups is 1. The summed E-state index contributed by atoms with van der Waals surface area (Å²) in [5, 5.41) is 7.60. The van der Waals surface area contributed by atoms with Crippen LogP contribution in [0.1, 0.15) is 23.5 Å². The predicted octanol–water partition coefficient (Wildman–Crippen LogP) is 3.51. The lowest BCUT2D eigenvalue weighted by atomic mass is 10.1. The lowest BCUT2D eigenvalue weighted by Crippen LogP contribution is -2.47. The fourth-order valence-electron chi connectivity index (χ4n) is 2.34. The fraction of sp³-hybridized carbons (Fsp3) is 0.429. The maximum absolute atomic E-state index is 12.4. The maximum atomic E-state index is 12.4. The normalized spacial score (nSPS) is 22.3. The van der Waals surface area contributed by atoms with Gasteiger partial charge in [0.2, 0.25) is 0 Å². The first kappa shape index (κ1) is 14.5. The molecule has 112 valence electrons. The van der Waals surface area contributed by atoms with E-state index in [1.54, 1.807) is 22.4 Å². The average Bonchev–Trinajstić information content (AvgIpc) is 3.10. The van der Waals surface area contributed by atoms with E-state index in [-0.39, 0.29) is 18.2 Å². The number of hydrogen-bond donors (Lipinski definition) is 1. The van der Waals surface area contributed by atoms with Gasteiger partial charge in [0.15, 0.2) is 5.13 Å². The Kier molecular flexibility index (Phi) is 4.23. The molecule has 1 aliphatic heterocycles. The highest BCUT2D eigenvalue weighted by Gasteiger charge is 2.29. The Morgan fingerprint density at radius 1 is 1.52 bits per heavy atom. The highest BCUT2D eigenvalue weighted by atomic mass is 32.1. The Morgan fingerprint density at radius 2 is 2.38 bits per heavy atom. The van der Waals surface area contributed by atoms with Crippen molar-refractivity contribution in [1.29, 1.82) is 0 Å². The molecule has 1 aliphatic rings. The molecule has 0 radical (unpaired) electrons. The van der Waals surface area contributed by atoms with E-state index in [4.69, 9.17) is 4.74 Å². The van der Waals surface area contributed by atoms with E-state index in [0.717, 1.165) is 10.4 Å². The van der Waals surface area contributed by atoms with Crippen LogP contribution in [0.4, 0.5) is 9.93 Å². The van der Waals surface area contributed by atoms with Crippen LogP contribution in [0.25, 0.3) is 0 Å². The van der Waals surface area contributed by atoms with E-state index in [9.17, 15) is 4.79 Å². The molecule has 7 heteroatoms. The van der Waals surface area contributed by atoms with E-state index >= 15 is 0 Å². The SMILES string of the molecule is Cc1cnc(NC(=O)N2C[C@@H](C)O[C@H](c3ccsc3)C2)s1. The number of aryl methyl sites for hydroxylation is 1. The number of thiophene rings is 1. The summed E-state index contributed by atoms with van der Waals surface area (Å²) >= 11 is 3.12. The molecule has 1 fully saturated rings. The Morgan fingerprint density at radius 3 is 3.05 bits per heavy atom. The van der Waals surface area contributed by atoms with Crippen molar-refractivity contribution in [2.75, 3.05) is 18.4 Å². The molecule has 0 bridgehead atoms. The second kappa shape index (κ2) is 6.13. The number of amides is 2. The van der Waals surface area contributed by atoms with Gasteiger partial charge in [-0.2, -0.15) is 11.3 Å². The van der Waals surface area contributed by atoms with Crippen molar-refractivity contribution < 1.29 is 9.53 Å². The molecule has 21 heavy (non-hydrogen) atoms. The lowest BCUT2D eigenvalue weighted by molar-refractivity contribution is -0.0640. The third kappa shape index (κ3) is 3.42. The van der Waals surface area contributed by atoms with Crippen LogP contribution in [-0.2, 0) is 4.74 Å². The summed E-state index contributed by atoms with van der Waals surface area (Å²) in [5.41, 5.74) is 1.13. The molecule has 1 saturated heterocycles. The van der Waals surface area contributed by atoms with Crippen LogP contribution in [0.15, 0.2) is 23.0 Å². The number of aromatic nitrogens is 1. The highest BCUT2D eigenvalue weighted by molar-refractivity contribution is 7.15. The summed E-state index contributed by atoms with van der Waals surface area (Å²) in [6.07, 6.45) is 1.73. The zero-order valence-corrected chi connectivity index (χ0v) is 13.5. The van der Waals surface area contributed by atoms with E-state index < -0.39 is 0 Å². The van der Waals surface area contributed by atoms with Crippen molar-refractivity contribution in [3.8, 4) is 0 Å². The quantitative estimate of drug-likeness (QED) is 0.920. The first-order valence-electron chi connectivity index (χ1n) is 6.77. The Labute approximate surface area is 131 Å². The van der Waals surface area contributed by atoms with Crippen LogP contribution in [0, 0.1) is 6.92 Å². The zero-order chi connectivity index (χ0) is 14.8. The molecular weight excluding hydrogens is 306 g/mol. The number of nitrogens with one attached hydrogen (secondary N) is 1. The van der Waals surface area contributed by atoms with Crippen molar-refractivity contribution in [3.63, 3.8) is 0 Å². The highest BCUT2D eigenvalue weighted by Crippen LogP contribution is 2.27. The second-order valence-electron chi connectivity index (χ2n) is 5.10. The molecule has 2 amide bonds. The summed E-state index contributed by atoms with van der Waals surface area (Å²) in [7, 11) is 0. The fourth-order valence-corrected chi connectivity index (χ4v) is 3.70. The number of carbonyl (C=O) groups is 1. The third-order valence-corrected chi connectivity index (χ3v) is 4.83. The molecule has 2 aromatic rings. The summed E-state index contributed by atoms with van der Waals surface area (Å²) < 4.78 is 5.94. The van der Waals surface area contributed by atoms with Gasteiger partial charge in [-0.25, -0.2) is 9.78 Å². The first-order valence-corrected chi connectivity index (χ1v) is 8.53. The molecule has 5 nitrogen and oxygen atoms in total. The van der Waals surface area contributed by atoms with Gasteiger partial charge in [-0.3, -0.25) is 5.32 Å². The smallest absolute Gasteiger partial charge is 0.323 e. The molecule has 0 aliphatic carbocycles. The second-order valence-corrected chi connectivity index (χ2v) is 7.12. The summed E-state index contributed by atoms with van der Waals surface area (Å²) in [6.45, 7) is 5.12. The van der Waals surface area contributed by atoms with Gasteiger partial charge in [-0.1, -0.05) is 0 Å². The van der Waals surface area contributed by atoms with Gasteiger partial charge in [0.1, 0.15) is 6.10 Å². The van der Waals surface area contributed by atoms with Crippen LogP contribution >= 0.6 is 22.7 Å². The van der Waals surface area contributed by atoms with Gasteiger partial charge in [0.05, 0.1) is 12.6 Å². The number of morpholine rings is 1. The maximum Gasteiger partial charge on any atom is 0.323 e. The van der Waals surface area contributed by atoms with Crippen molar-refractivity contribution in [2.45, 2.75) is 26.1 Å². The number of carbonyl (C=O) groups excluding carboxylic acids is 1.